The van der Waals surface area contributed by atoms with Gasteiger partial charge in [-0.1, -0.05) is 26.0 Å². The van der Waals surface area contributed by atoms with Gasteiger partial charge >= 0.3 is 0 Å². The Hall–Kier alpha value is -1.88. The van der Waals surface area contributed by atoms with Crippen LogP contribution in [0.15, 0.2) is 30.6 Å². The first-order valence-corrected chi connectivity index (χ1v) is 6.79. The number of methoxy groups -OCH3 is 1. The highest BCUT2D eigenvalue weighted by Gasteiger charge is 2.14. The van der Waals surface area contributed by atoms with Gasteiger partial charge in [0.05, 0.1) is 13.2 Å². The smallest absolute Gasteiger partial charge is 0.138 e. The zero-order valence-electron chi connectivity index (χ0n) is 12.2. The van der Waals surface area contributed by atoms with Crippen LogP contribution in [-0.4, -0.2) is 27.0 Å². The number of nitrogens with zero attached hydrogens (tertiary/aromatic N) is 3. The van der Waals surface area contributed by atoms with E-state index in [1.165, 1.54) is 0 Å². The molecule has 0 radical (unpaired) electrons. The second-order valence-electron chi connectivity index (χ2n) is 5.25. The molecule has 1 aromatic carbocycles. The number of benzene rings is 1. The van der Waals surface area contributed by atoms with Crippen molar-refractivity contribution in [1.82, 2.24) is 14.8 Å². The standard InChI is InChI=1S/C15H21N3O2/c1-11(2)9-18-15(16-10-17-18)8-14(19)12-4-6-13(20-3)7-5-12/h4-7,10-11,14,19H,8-9H2,1-3H3. The van der Waals surface area contributed by atoms with E-state index in [2.05, 4.69) is 23.9 Å². The van der Waals surface area contributed by atoms with Gasteiger partial charge in [0.25, 0.3) is 0 Å². The SMILES string of the molecule is COc1ccc(C(O)Cc2ncnn2CC(C)C)cc1. The molecule has 1 N–H and O–H groups in total. The molecule has 0 saturated heterocycles. The lowest BCUT2D eigenvalue weighted by Crippen LogP contribution is -2.13. The van der Waals surface area contributed by atoms with Crippen LogP contribution in [0.3, 0.4) is 0 Å². The Labute approximate surface area is 119 Å². The Morgan fingerprint density at radius 3 is 2.55 bits per heavy atom. The van der Waals surface area contributed by atoms with E-state index >= 15 is 0 Å². The summed E-state index contributed by atoms with van der Waals surface area (Å²) in [4.78, 5) is 4.24. The largest absolute Gasteiger partial charge is 0.497 e. The molecule has 0 fully saturated rings. The first kappa shape index (κ1) is 14.5. The molecule has 0 aliphatic carbocycles. The van der Waals surface area contributed by atoms with E-state index in [1.54, 1.807) is 13.4 Å². The van der Waals surface area contributed by atoms with Crippen molar-refractivity contribution in [3.63, 3.8) is 0 Å². The first-order valence-electron chi connectivity index (χ1n) is 6.79. The molecular formula is C15H21N3O2. The van der Waals surface area contributed by atoms with E-state index in [0.717, 1.165) is 23.7 Å². The Morgan fingerprint density at radius 1 is 1.25 bits per heavy atom. The zero-order valence-corrected chi connectivity index (χ0v) is 12.2. The number of rotatable bonds is 6. The average molecular weight is 275 g/mol. The first-order chi connectivity index (χ1) is 9.60. The van der Waals surface area contributed by atoms with Gasteiger partial charge in [0.1, 0.15) is 17.9 Å². The molecular weight excluding hydrogens is 254 g/mol. The number of ether oxygens (including phenoxy) is 1. The minimum absolute atomic E-state index is 0.457. The van der Waals surface area contributed by atoms with Crippen LogP contribution in [0.4, 0.5) is 0 Å². The summed E-state index contributed by atoms with van der Waals surface area (Å²) in [7, 11) is 1.62. The molecule has 1 atom stereocenters. The molecule has 20 heavy (non-hydrogen) atoms. The summed E-state index contributed by atoms with van der Waals surface area (Å²) < 4.78 is 6.97. The molecule has 5 nitrogen and oxygen atoms in total. The van der Waals surface area contributed by atoms with Gasteiger partial charge in [-0.05, 0) is 23.6 Å². The number of hydrogen-bond donors (Lipinski definition) is 1. The van der Waals surface area contributed by atoms with Crippen molar-refractivity contribution in [2.24, 2.45) is 5.92 Å². The lowest BCUT2D eigenvalue weighted by Gasteiger charge is -2.13. The topological polar surface area (TPSA) is 60.2 Å². The van der Waals surface area contributed by atoms with Crippen LogP contribution in [0.2, 0.25) is 0 Å². The predicted octanol–water partition coefficient (Wildman–Crippen LogP) is 2.22. The van der Waals surface area contributed by atoms with Gasteiger partial charge in [-0.15, -0.1) is 0 Å². The van der Waals surface area contributed by atoms with Crippen LogP contribution >= 0.6 is 0 Å². The van der Waals surface area contributed by atoms with Gasteiger partial charge in [-0.3, -0.25) is 0 Å². The third-order valence-corrected chi connectivity index (χ3v) is 3.11. The monoisotopic (exact) mass is 275 g/mol. The summed E-state index contributed by atoms with van der Waals surface area (Å²) in [6.45, 7) is 5.07. The van der Waals surface area contributed by atoms with Crippen molar-refractivity contribution in [2.75, 3.05) is 7.11 Å². The minimum atomic E-state index is -0.587. The molecule has 2 rings (SSSR count). The van der Waals surface area contributed by atoms with Crippen LogP contribution in [0.25, 0.3) is 0 Å². The summed E-state index contributed by atoms with van der Waals surface area (Å²) in [5.74, 6) is 2.08. The molecule has 108 valence electrons. The molecule has 0 bridgehead atoms. The molecule has 2 aromatic rings. The third-order valence-electron chi connectivity index (χ3n) is 3.11. The van der Waals surface area contributed by atoms with Crippen molar-refractivity contribution in [3.8, 4) is 5.75 Å². The van der Waals surface area contributed by atoms with E-state index in [0.29, 0.717) is 12.3 Å². The number of aliphatic hydroxyl groups excluding tert-OH is 1. The summed E-state index contributed by atoms with van der Waals surface area (Å²) in [6.07, 6.45) is 1.41. The van der Waals surface area contributed by atoms with Gasteiger partial charge in [-0.25, -0.2) is 9.67 Å². The lowest BCUT2D eigenvalue weighted by molar-refractivity contribution is 0.173. The molecule has 0 aliphatic rings. The van der Waals surface area contributed by atoms with Crippen molar-refractivity contribution in [1.29, 1.82) is 0 Å². The van der Waals surface area contributed by atoms with E-state index in [1.807, 2.05) is 28.9 Å². The maximum absolute atomic E-state index is 10.3. The fourth-order valence-electron chi connectivity index (χ4n) is 2.06. The third kappa shape index (κ3) is 3.57. The average Bonchev–Trinajstić information content (AvgIpc) is 2.85. The van der Waals surface area contributed by atoms with Crippen molar-refractivity contribution in [3.05, 3.63) is 42.0 Å². The Kier molecular flexibility index (Phi) is 4.74. The maximum Gasteiger partial charge on any atom is 0.138 e. The Morgan fingerprint density at radius 2 is 1.95 bits per heavy atom. The second-order valence-corrected chi connectivity index (χ2v) is 5.25. The van der Waals surface area contributed by atoms with Crippen LogP contribution in [0, 0.1) is 5.92 Å². The van der Waals surface area contributed by atoms with E-state index < -0.39 is 6.10 Å². The lowest BCUT2D eigenvalue weighted by atomic mass is 10.1. The highest BCUT2D eigenvalue weighted by molar-refractivity contribution is 5.28. The van der Waals surface area contributed by atoms with E-state index in [9.17, 15) is 5.11 Å². The van der Waals surface area contributed by atoms with Crippen LogP contribution in [-0.2, 0) is 13.0 Å². The summed E-state index contributed by atoms with van der Waals surface area (Å²) >= 11 is 0. The quantitative estimate of drug-likeness (QED) is 0.878. The molecule has 0 aliphatic heterocycles. The Balaban J connectivity index is 2.06. The van der Waals surface area contributed by atoms with Crippen molar-refractivity contribution >= 4 is 0 Å². The molecule has 5 heteroatoms. The molecule has 0 spiro atoms. The number of aliphatic hydroxyl groups is 1. The normalized spacial score (nSPS) is 12.7. The highest BCUT2D eigenvalue weighted by Crippen LogP contribution is 2.20. The van der Waals surface area contributed by atoms with Crippen LogP contribution in [0.1, 0.15) is 31.3 Å². The maximum atomic E-state index is 10.3. The molecule has 1 unspecified atom stereocenters. The minimum Gasteiger partial charge on any atom is -0.497 e. The summed E-state index contributed by atoms with van der Waals surface area (Å²) in [6, 6.07) is 7.42. The van der Waals surface area contributed by atoms with E-state index in [4.69, 9.17) is 4.74 Å². The zero-order chi connectivity index (χ0) is 14.5. The molecule has 1 aromatic heterocycles. The number of aromatic nitrogens is 3. The highest BCUT2D eigenvalue weighted by atomic mass is 16.5. The number of hydrogen-bond acceptors (Lipinski definition) is 4. The Bertz CT molecular complexity index is 534. The molecule has 1 heterocycles. The van der Waals surface area contributed by atoms with Gasteiger partial charge in [0.2, 0.25) is 0 Å². The fourth-order valence-corrected chi connectivity index (χ4v) is 2.06. The van der Waals surface area contributed by atoms with E-state index in [-0.39, 0.29) is 0 Å². The van der Waals surface area contributed by atoms with Gasteiger partial charge in [0, 0.05) is 13.0 Å². The van der Waals surface area contributed by atoms with Crippen molar-refractivity contribution in [2.45, 2.75) is 32.9 Å². The molecule has 0 amide bonds. The summed E-state index contributed by atoms with van der Waals surface area (Å²) in [5, 5.41) is 14.5. The van der Waals surface area contributed by atoms with Crippen LogP contribution < -0.4 is 4.74 Å². The fraction of sp³-hybridized carbons (Fsp3) is 0.467. The summed E-state index contributed by atoms with van der Waals surface area (Å²) in [5.41, 5.74) is 0.852. The molecule has 0 saturated carbocycles. The van der Waals surface area contributed by atoms with Gasteiger partial charge in [-0.2, -0.15) is 5.10 Å². The van der Waals surface area contributed by atoms with Gasteiger partial charge in [0.15, 0.2) is 0 Å². The van der Waals surface area contributed by atoms with Crippen molar-refractivity contribution < 1.29 is 9.84 Å². The predicted molar refractivity (Wildman–Crippen MR) is 76.5 cm³/mol. The second kappa shape index (κ2) is 6.52. The van der Waals surface area contributed by atoms with Gasteiger partial charge < -0.3 is 9.84 Å². The van der Waals surface area contributed by atoms with Crippen LogP contribution in [0.5, 0.6) is 5.75 Å².